The second kappa shape index (κ2) is 3.94. The normalized spacial score (nSPS) is 29.0. The minimum Gasteiger partial charge on any atom is -0.338 e. The Labute approximate surface area is 94.0 Å². The molecule has 2 aliphatic rings. The lowest BCUT2D eigenvalue weighted by Gasteiger charge is -2.23. The molecule has 2 rings (SSSR count). The van der Waals surface area contributed by atoms with Crippen molar-refractivity contribution in [2.45, 2.75) is 43.4 Å². The molecule has 0 N–H and O–H groups in total. The van der Waals surface area contributed by atoms with Crippen molar-refractivity contribution < 1.29 is 13.2 Å². The van der Waals surface area contributed by atoms with Crippen LogP contribution in [0.1, 0.15) is 32.1 Å². The molecular formula is C9H14ClNO3S. The van der Waals surface area contributed by atoms with Gasteiger partial charge in [-0.2, -0.15) is 0 Å². The van der Waals surface area contributed by atoms with Crippen LogP contribution in [0, 0.1) is 0 Å². The number of nitrogens with zero attached hydrogens (tertiary/aromatic N) is 1. The number of hydrogen-bond donors (Lipinski definition) is 0. The quantitative estimate of drug-likeness (QED) is 0.691. The third-order valence-electron chi connectivity index (χ3n) is 3.29. The maximum Gasteiger partial charge on any atom is 0.237 e. The maximum absolute atomic E-state index is 11.6. The van der Waals surface area contributed by atoms with Gasteiger partial charge in [-0.3, -0.25) is 4.79 Å². The minimum absolute atomic E-state index is 0.0579. The summed E-state index contributed by atoms with van der Waals surface area (Å²) in [7, 11) is 1.68. The molecular weight excluding hydrogens is 238 g/mol. The number of hydrogen-bond acceptors (Lipinski definition) is 3. The second-order valence-electron chi connectivity index (χ2n) is 4.29. The van der Waals surface area contributed by atoms with Gasteiger partial charge in [-0.25, -0.2) is 8.42 Å². The lowest BCUT2D eigenvalue weighted by Crippen LogP contribution is -2.35. The molecule has 1 amide bonds. The lowest BCUT2D eigenvalue weighted by atomic mass is 10.2. The van der Waals surface area contributed by atoms with E-state index >= 15 is 0 Å². The molecule has 1 saturated heterocycles. The number of likely N-dealkylation sites (tertiary alicyclic amines) is 1. The molecule has 15 heavy (non-hydrogen) atoms. The van der Waals surface area contributed by atoms with Crippen LogP contribution in [0.25, 0.3) is 0 Å². The molecule has 1 aliphatic carbocycles. The molecule has 2 fully saturated rings. The van der Waals surface area contributed by atoms with Gasteiger partial charge in [0.2, 0.25) is 15.0 Å². The van der Waals surface area contributed by atoms with Crippen LogP contribution < -0.4 is 0 Å². The minimum atomic E-state index is -3.59. The number of halogens is 1. The van der Waals surface area contributed by atoms with Gasteiger partial charge in [0, 0.05) is 29.7 Å². The summed E-state index contributed by atoms with van der Waals surface area (Å²) in [5, 5.41) is -0.702. The average molecular weight is 252 g/mol. The monoisotopic (exact) mass is 251 g/mol. The molecule has 1 aliphatic heterocycles. The van der Waals surface area contributed by atoms with E-state index in [1.165, 1.54) is 0 Å². The molecule has 1 heterocycles. The largest absolute Gasteiger partial charge is 0.338 e. The van der Waals surface area contributed by atoms with Crippen LogP contribution in [-0.2, 0) is 13.8 Å². The number of rotatable bonds is 2. The van der Waals surface area contributed by atoms with Crippen molar-refractivity contribution in [2.24, 2.45) is 0 Å². The molecule has 6 heteroatoms. The van der Waals surface area contributed by atoms with Gasteiger partial charge in [-0.15, -0.1) is 0 Å². The predicted octanol–water partition coefficient (Wildman–Crippen LogP) is 1.10. The van der Waals surface area contributed by atoms with Crippen molar-refractivity contribution in [3.05, 3.63) is 0 Å². The molecule has 0 spiro atoms. The SMILES string of the molecule is O=C1CC(S(=O)(=O)Cl)CN1C1CCCC1. The van der Waals surface area contributed by atoms with Gasteiger partial charge in [-0.1, -0.05) is 12.8 Å². The number of carbonyl (C=O) groups excluding carboxylic acids is 1. The summed E-state index contributed by atoms with van der Waals surface area (Å²) < 4.78 is 22.3. The van der Waals surface area contributed by atoms with Crippen LogP contribution in [0.5, 0.6) is 0 Å². The molecule has 1 unspecified atom stereocenters. The van der Waals surface area contributed by atoms with E-state index in [9.17, 15) is 13.2 Å². The van der Waals surface area contributed by atoms with Crippen molar-refractivity contribution in [1.82, 2.24) is 4.90 Å². The van der Waals surface area contributed by atoms with Gasteiger partial charge in [0.1, 0.15) is 5.25 Å². The fourth-order valence-electron chi connectivity index (χ4n) is 2.45. The summed E-state index contributed by atoms with van der Waals surface area (Å²) in [5.74, 6) is -0.0591. The van der Waals surface area contributed by atoms with E-state index < -0.39 is 14.3 Å². The Morgan fingerprint density at radius 2 is 1.87 bits per heavy atom. The first-order valence-corrected chi connectivity index (χ1v) is 7.58. The zero-order chi connectivity index (χ0) is 11.1. The summed E-state index contributed by atoms with van der Waals surface area (Å²) in [4.78, 5) is 13.3. The van der Waals surface area contributed by atoms with Crippen LogP contribution in [0.2, 0.25) is 0 Å². The molecule has 0 aromatic carbocycles. The topological polar surface area (TPSA) is 54.5 Å². The van der Waals surface area contributed by atoms with Gasteiger partial charge in [0.05, 0.1) is 0 Å². The summed E-state index contributed by atoms with van der Waals surface area (Å²) in [5.41, 5.74) is 0. The van der Waals surface area contributed by atoms with Gasteiger partial charge in [-0.05, 0) is 12.8 Å². The van der Waals surface area contributed by atoms with Crippen LogP contribution in [-0.4, -0.2) is 37.1 Å². The standard InChI is InChI=1S/C9H14ClNO3S/c10-15(13,14)8-5-9(12)11(6-8)7-3-1-2-4-7/h7-8H,1-6H2. The Morgan fingerprint density at radius 3 is 2.33 bits per heavy atom. The molecule has 0 aromatic heterocycles. The Hall–Kier alpha value is -0.290. The molecule has 4 nitrogen and oxygen atoms in total. The second-order valence-corrected chi connectivity index (χ2v) is 7.19. The highest BCUT2D eigenvalue weighted by Crippen LogP contribution is 2.30. The lowest BCUT2D eigenvalue weighted by molar-refractivity contribution is -0.129. The Bertz CT molecular complexity index is 362. The summed E-state index contributed by atoms with van der Waals surface area (Å²) in [6.45, 7) is 0.287. The van der Waals surface area contributed by atoms with E-state index in [-0.39, 0.29) is 24.9 Å². The van der Waals surface area contributed by atoms with Gasteiger partial charge < -0.3 is 4.90 Å². The fourth-order valence-corrected chi connectivity index (χ4v) is 3.49. The van der Waals surface area contributed by atoms with Crippen LogP contribution >= 0.6 is 10.7 Å². The molecule has 1 atom stereocenters. The summed E-state index contributed by atoms with van der Waals surface area (Å²) >= 11 is 0. The highest BCUT2D eigenvalue weighted by atomic mass is 35.7. The highest BCUT2D eigenvalue weighted by Gasteiger charge is 2.40. The summed E-state index contributed by atoms with van der Waals surface area (Å²) in [6, 6.07) is 0.251. The van der Waals surface area contributed by atoms with Crippen LogP contribution in [0.3, 0.4) is 0 Å². The zero-order valence-corrected chi connectivity index (χ0v) is 9.93. The van der Waals surface area contributed by atoms with Crippen molar-refractivity contribution in [1.29, 1.82) is 0 Å². The molecule has 0 aromatic rings. The van der Waals surface area contributed by atoms with E-state index in [1.54, 1.807) is 4.90 Å². The molecule has 86 valence electrons. The molecule has 0 bridgehead atoms. The average Bonchev–Trinajstić information content (AvgIpc) is 2.69. The fraction of sp³-hybridized carbons (Fsp3) is 0.889. The zero-order valence-electron chi connectivity index (χ0n) is 8.36. The van der Waals surface area contributed by atoms with Crippen molar-refractivity contribution in [3.8, 4) is 0 Å². The summed E-state index contributed by atoms with van der Waals surface area (Å²) in [6.07, 6.45) is 4.32. The Balaban J connectivity index is 2.07. The van der Waals surface area contributed by atoms with E-state index in [4.69, 9.17) is 10.7 Å². The molecule has 1 saturated carbocycles. The van der Waals surface area contributed by atoms with E-state index in [0.29, 0.717) is 0 Å². The predicted molar refractivity (Wildman–Crippen MR) is 57.1 cm³/mol. The van der Waals surface area contributed by atoms with E-state index in [1.807, 2.05) is 0 Å². The van der Waals surface area contributed by atoms with Crippen molar-refractivity contribution in [2.75, 3.05) is 6.54 Å². The number of amides is 1. The first kappa shape index (κ1) is 11.2. The number of carbonyl (C=O) groups is 1. The van der Waals surface area contributed by atoms with Crippen LogP contribution in [0.4, 0.5) is 0 Å². The van der Waals surface area contributed by atoms with Crippen molar-refractivity contribution in [3.63, 3.8) is 0 Å². The van der Waals surface area contributed by atoms with Gasteiger partial charge >= 0.3 is 0 Å². The highest BCUT2D eigenvalue weighted by molar-refractivity contribution is 8.14. The third kappa shape index (κ3) is 2.28. The first-order chi connectivity index (χ1) is 6.98. The Morgan fingerprint density at radius 1 is 1.27 bits per heavy atom. The third-order valence-corrected chi connectivity index (χ3v) is 5.15. The van der Waals surface area contributed by atoms with Crippen LogP contribution in [0.15, 0.2) is 0 Å². The van der Waals surface area contributed by atoms with E-state index in [2.05, 4.69) is 0 Å². The van der Waals surface area contributed by atoms with Gasteiger partial charge in [0.25, 0.3) is 0 Å². The first-order valence-electron chi connectivity index (χ1n) is 5.21. The Kier molecular flexibility index (Phi) is 2.94. The molecule has 0 radical (unpaired) electrons. The van der Waals surface area contributed by atoms with Gasteiger partial charge in [0.15, 0.2) is 0 Å². The van der Waals surface area contributed by atoms with E-state index in [0.717, 1.165) is 25.7 Å². The van der Waals surface area contributed by atoms with Crippen molar-refractivity contribution >= 4 is 25.6 Å². The smallest absolute Gasteiger partial charge is 0.237 e. The maximum atomic E-state index is 11.6.